The Kier molecular flexibility index (Phi) is 5.00. The average Bonchev–Trinajstić information content (AvgIpc) is 3.24. The molecule has 7 heteroatoms. The molecule has 1 atom stereocenters. The predicted octanol–water partition coefficient (Wildman–Crippen LogP) is 4.05. The molecular weight excluding hydrogens is 424 g/mol. The highest BCUT2D eigenvalue weighted by atomic mass is 32.1. The second-order valence-electron chi connectivity index (χ2n) is 7.82. The first-order chi connectivity index (χ1) is 15.4. The Labute approximate surface area is 188 Å². The van der Waals surface area contributed by atoms with Gasteiger partial charge in [0.15, 0.2) is 11.2 Å². The molecule has 0 fully saturated rings. The average molecular weight is 446 g/mol. The fourth-order valence-corrected chi connectivity index (χ4v) is 4.98. The van der Waals surface area contributed by atoms with E-state index in [9.17, 15) is 9.59 Å². The number of nitrogens with one attached hydrogen (secondary N) is 1. The second kappa shape index (κ2) is 7.85. The van der Waals surface area contributed by atoms with Crippen LogP contribution in [0.2, 0.25) is 0 Å². The molecule has 0 saturated heterocycles. The summed E-state index contributed by atoms with van der Waals surface area (Å²) < 4.78 is 10.7. The van der Waals surface area contributed by atoms with Gasteiger partial charge in [-0.3, -0.25) is 0 Å². The van der Waals surface area contributed by atoms with E-state index in [1.165, 1.54) is 17.4 Å². The minimum Gasteiger partial charge on any atom is -0.497 e. The van der Waals surface area contributed by atoms with Crippen molar-refractivity contribution in [1.82, 2.24) is 0 Å². The lowest BCUT2D eigenvalue weighted by Gasteiger charge is -2.15. The summed E-state index contributed by atoms with van der Waals surface area (Å²) in [5, 5.41) is 0.845. The molecule has 1 amide bonds. The number of nitrogens with zero attached hydrogens (tertiary/aromatic N) is 1. The molecule has 3 heterocycles. The van der Waals surface area contributed by atoms with E-state index in [4.69, 9.17) is 9.15 Å². The number of quaternary nitrogens is 1. The molecule has 1 unspecified atom stereocenters. The zero-order valence-corrected chi connectivity index (χ0v) is 18.7. The molecule has 0 radical (unpaired) electrons. The van der Waals surface area contributed by atoms with Crippen LogP contribution in [-0.2, 0) is 6.54 Å². The second-order valence-corrected chi connectivity index (χ2v) is 8.87. The molecule has 5 rings (SSSR count). The van der Waals surface area contributed by atoms with Crippen molar-refractivity contribution in [1.29, 1.82) is 0 Å². The van der Waals surface area contributed by atoms with Crippen molar-refractivity contribution in [2.75, 3.05) is 7.11 Å². The molecule has 0 aliphatic carbocycles. The van der Waals surface area contributed by atoms with Crippen molar-refractivity contribution >= 4 is 40.2 Å². The van der Waals surface area contributed by atoms with Gasteiger partial charge >= 0.3 is 11.5 Å². The molecule has 32 heavy (non-hydrogen) atoms. The number of carbonyl (C=O) groups excluding carboxylic acids is 1. The Morgan fingerprint density at radius 2 is 1.84 bits per heavy atom. The molecular formula is C25H21N2O4S+. The predicted molar refractivity (Wildman–Crippen MR) is 125 cm³/mol. The van der Waals surface area contributed by atoms with E-state index in [0.717, 1.165) is 38.3 Å². The smallest absolute Gasteiger partial charge is 0.362 e. The third-order valence-electron chi connectivity index (χ3n) is 5.84. The van der Waals surface area contributed by atoms with Crippen molar-refractivity contribution < 1.29 is 18.8 Å². The van der Waals surface area contributed by atoms with E-state index in [1.807, 2.05) is 56.3 Å². The van der Waals surface area contributed by atoms with E-state index in [0.29, 0.717) is 27.6 Å². The lowest BCUT2D eigenvalue weighted by Crippen LogP contribution is -3.12. The molecule has 0 bridgehead atoms. The highest BCUT2D eigenvalue weighted by molar-refractivity contribution is 7.18. The Hall–Kier alpha value is -3.55. The molecule has 6 nitrogen and oxygen atoms in total. The van der Waals surface area contributed by atoms with Gasteiger partial charge in [0.05, 0.1) is 12.8 Å². The minimum atomic E-state index is -0.416. The van der Waals surface area contributed by atoms with E-state index in [1.54, 1.807) is 13.4 Å². The Morgan fingerprint density at radius 1 is 1.06 bits per heavy atom. The maximum absolute atomic E-state index is 13.3. The molecule has 1 aliphatic rings. The van der Waals surface area contributed by atoms with Gasteiger partial charge < -0.3 is 9.15 Å². The molecule has 2 aromatic carbocycles. The van der Waals surface area contributed by atoms with Crippen LogP contribution in [0.15, 0.2) is 62.7 Å². The van der Waals surface area contributed by atoms with Gasteiger partial charge in [-0.1, -0.05) is 12.1 Å². The topological polar surface area (TPSA) is 73.3 Å². The van der Waals surface area contributed by atoms with Crippen molar-refractivity contribution in [3.05, 3.63) is 80.5 Å². The summed E-state index contributed by atoms with van der Waals surface area (Å²) in [5.41, 5.74) is 4.59. The lowest BCUT2D eigenvalue weighted by molar-refractivity contribution is -0.721. The zero-order chi connectivity index (χ0) is 22.4. The van der Waals surface area contributed by atoms with Crippen LogP contribution in [0.25, 0.3) is 21.4 Å². The summed E-state index contributed by atoms with van der Waals surface area (Å²) in [6, 6.07) is 15.1. The van der Waals surface area contributed by atoms with Crippen LogP contribution in [0.4, 0.5) is 5.69 Å². The van der Waals surface area contributed by atoms with Gasteiger partial charge in [-0.15, -0.1) is 11.3 Å². The zero-order valence-electron chi connectivity index (χ0n) is 17.9. The summed E-state index contributed by atoms with van der Waals surface area (Å²) in [6.07, 6.45) is 1.62. The van der Waals surface area contributed by atoms with Crippen LogP contribution >= 0.6 is 11.3 Å². The van der Waals surface area contributed by atoms with Crippen LogP contribution in [0.5, 0.6) is 5.75 Å². The minimum absolute atomic E-state index is 0.0509. The number of hydrogen-bond acceptors (Lipinski definition) is 6. The molecule has 1 aliphatic heterocycles. The Morgan fingerprint density at radius 3 is 2.59 bits per heavy atom. The lowest BCUT2D eigenvalue weighted by atomic mass is 10.0. The van der Waals surface area contributed by atoms with Gasteiger partial charge in [0.2, 0.25) is 0 Å². The molecule has 1 N–H and O–H groups in total. The normalized spacial score (nSPS) is 15.2. The maximum atomic E-state index is 13.3. The summed E-state index contributed by atoms with van der Waals surface area (Å²) in [7, 11) is 1.63. The van der Waals surface area contributed by atoms with Gasteiger partial charge in [0.25, 0.3) is 0 Å². The van der Waals surface area contributed by atoms with Crippen molar-refractivity contribution in [3.8, 4) is 16.2 Å². The number of ether oxygens (including phenoxy) is 1. The van der Waals surface area contributed by atoms with Gasteiger partial charge in [0, 0.05) is 21.9 Å². The number of benzene rings is 2. The number of carbonyl (C=O) groups is 1. The maximum Gasteiger partial charge on any atom is 0.362 e. The van der Waals surface area contributed by atoms with Gasteiger partial charge in [-0.2, -0.15) is 0 Å². The number of thiophene rings is 1. The summed E-state index contributed by atoms with van der Waals surface area (Å²) >= 11 is 1.43. The first kappa shape index (κ1) is 20.4. The third kappa shape index (κ3) is 3.45. The number of methoxy groups -OCH3 is 1. The van der Waals surface area contributed by atoms with Crippen molar-refractivity contribution in [2.24, 2.45) is 4.99 Å². The number of amides is 1. The van der Waals surface area contributed by atoms with Gasteiger partial charge in [-0.05, 0) is 60.9 Å². The van der Waals surface area contributed by atoms with Crippen LogP contribution < -0.4 is 15.3 Å². The largest absolute Gasteiger partial charge is 0.497 e. The van der Waals surface area contributed by atoms with E-state index in [-0.39, 0.29) is 5.91 Å². The number of hydrogen-bond donors (Lipinski definition) is 1. The fraction of sp³-hybridized carbons (Fsp3) is 0.160. The first-order valence-electron chi connectivity index (χ1n) is 10.2. The summed E-state index contributed by atoms with van der Waals surface area (Å²) in [6.45, 7) is 4.23. The van der Waals surface area contributed by atoms with Gasteiger partial charge in [-0.25, -0.2) is 19.5 Å². The van der Waals surface area contributed by atoms with Crippen LogP contribution in [-0.4, -0.2) is 19.4 Å². The monoisotopic (exact) mass is 445 g/mol. The van der Waals surface area contributed by atoms with Crippen molar-refractivity contribution in [2.45, 2.75) is 20.4 Å². The van der Waals surface area contributed by atoms with E-state index in [2.05, 4.69) is 4.99 Å². The number of aliphatic imine (C=N–C) groups is 1. The van der Waals surface area contributed by atoms with E-state index < -0.39 is 5.63 Å². The standard InChI is InChI=1S/C25H20N2O4S/c1-14-4-9-19-17(10-22(28)31-23(19)15(14)2)12-27-13-26-20-11-21(32-24(20)25(27)29)16-5-7-18(30-3)8-6-16/h4-11,13H,12H2,1-3H3/p+1. The molecule has 4 aromatic rings. The highest BCUT2D eigenvalue weighted by Gasteiger charge is 2.31. The summed E-state index contributed by atoms with van der Waals surface area (Å²) in [4.78, 5) is 32.2. The highest BCUT2D eigenvalue weighted by Crippen LogP contribution is 2.37. The third-order valence-corrected chi connectivity index (χ3v) is 7.01. The van der Waals surface area contributed by atoms with Crippen LogP contribution in [0, 0.1) is 13.8 Å². The van der Waals surface area contributed by atoms with Gasteiger partial charge in [0.1, 0.15) is 17.9 Å². The fourth-order valence-electron chi connectivity index (χ4n) is 3.89. The molecule has 160 valence electrons. The van der Waals surface area contributed by atoms with E-state index >= 15 is 0 Å². The van der Waals surface area contributed by atoms with Crippen LogP contribution in [0.3, 0.4) is 0 Å². The Bertz CT molecular complexity index is 1450. The number of aryl methyl sites for hydroxylation is 2. The molecule has 0 spiro atoms. The Balaban J connectivity index is 1.47. The summed E-state index contributed by atoms with van der Waals surface area (Å²) in [5.74, 6) is 0.731. The molecule has 2 aromatic heterocycles. The van der Waals surface area contributed by atoms with Crippen LogP contribution in [0.1, 0.15) is 26.4 Å². The SMILES string of the molecule is COc1ccc(-c2cc3c(s2)C(=O)[NH+](Cc2cc(=O)oc4c(C)c(C)ccc24)C=N3)cc1. The number of fused-ring (bicyclic) bond motifs is 2. The quantitative estimate of drug-likeness (QED) is 0.481. The first-order valence-corrected chi connectivity index (χ1v) is 11.0. The van der Waals surface area contributed by atoms with Crippen molar-refractivity contribution in [3.63, 3.8) is 0 Å². The molecule has 0 saturated carbocycles. The number of rotatable bonds is 4.